The molecule has 0 radical (unpaired) electrons. The molecule has 4 aromatic rings. The molecule has 6 heteroatoms. The van der Waals surface area contributed by atoms with Gasteiger partial charge in [-0.3, -0.25) is 14.5 Å². The van der Waals surface area contributed by atoms with Gasteiger partial charge in [-0.2, -0.15) is 0 Å². The van der Waals surface area contributed by atoms with Crippen LogP contribution in [0.2, 0.25) is 0 Å². The van der Waals surface area contributed by atoms with Crippen LogP contribution in [0.25, 0.3) is 0 Å². The highest BCUT2D eigenvalue weighted by molar-refractivity contribution is 6.11. The predicted molar refractivity (Wildman–Crippen MR) is 146 cm³/mol. The highest BCUT2D eigenvalue weighted by Gasteiger charge is 2.37. The topological polar surface area (TPSA) is 70.7 Å². The lowest BCUT2D eigenvalue weighted by molar-refractivity contribution is 0.0938. The lowest BCUT2D eigenvalue weighted by atomic mass is 10.1. The van der Waals surface area contributed by atoms with Crippen molar-refractivity contribution in [2.75, 3.05) is 16.8 Å². The van der Waals surface area contributed by atoms with Crippen LogP contribution in [0.3, 0.4) is 0 Å². The Bertz CT molecular complexity index is 1400. The summed E-state index contributed by atoms with van der Waals surface area (Å²) >= 11 is 0. The molecular formula is C31H29N3O3. The number of hydrogen-bond donors (Lipinski definition) is 2. The lowest BCUT2D eigenvalue weighted by Crippen LogP contribution is -2.32. The average molecular weight is 492 g/mol. The summed E-state index contributed by atoms with van der Waals surface area (Å²) in [4.78, 5) is 28.2. The number of nitrogens with one attached hydrogen (secondary N) is 2. The van der Waals surface area contributed by atoms with Gasteiger partial charge in [0, 0.05) is 28.1 Å². The monoisotopic (exact) mass is 491 g/mol. The number of anilines is 2. The van der Waals surface area contributed by atoms with Crippen LogP contribution in [0.5, 0.6) is 5.75 Å². The quantitative estimate of drug-likeness (QED) is 0.301. The third kappa shape index (κ3) is 5.05. The van der Waals surface area contributed by atoms with E-state index in [4.69, 9.17) is 4.74 Å². The van der Waals surface area contributed by atoms with Crippen molar-refractivity contribution in [3.8, 4) is 5.75 Å². The van der Waals surface area contributed by atoms with Crippen LogP contribution < -0.4 is 20.3 Å². The molecular weight excluding hydrogens is 462 g/mol. The Kier molecular flexibility index (Phi) is 6.90. The summed E-state index contributed by atoms with van der Waals surface area (Å²) in [5.74, 6) is 0.512. The van der Waals surface area contributed by atoms with Gasteiger partial charge in [0.15, 0.2) is 0 Å². The summed E-state index contributed by atoms with van der Waals surface area (Å²) in [5, 5.41) is 6.55. The zero-order valence-corrected chi connectivity index (χ0v) is 20.8. The molecule has 0 aromatic heterocycles. The standard InChI is InChI=1S/C31H29N3O3/c1-3-37-26-18-16-25(17-19-26)34-29(27-14-7-8-15-28(27)31(34)36)33-24-13-9-12-23(20-24)30(35)32-21(2)22-10-5-4-6-11-22/h4-21,29,33H,3H2,1-2H3,(H,32,35). The van der Waals surface area contributed by atoms with Crippen molar-refractivity contribution in [3.05, 3.63) is 125 Å². The van der Waals surface area contributed by atoms with Gasteiger partial charge in [0.2, 0.25) is 0 Å². The second kappa shape index (κ2) is 10.6. The fraction of sp³-hybridized carbons (Fsp3) is 0.161. The first-order chi connectivity index (χ1) is 18.0. The number of nitrogens with zero attached hydrogens (tertiary/aromatic N) is 1. The first kappa shape index (κ1) is 24.1. The number of carbonyl (C=O) groups is 2. The van der Waals surface area contributed by atoms with Gasteiger partial charge in [0.05, 0.1) is 12.6 Å². The highest BCUT2D eigenvalue weighted by atomic mass is 16.5. The van der Waals surface area contributed by atoms with Crippen molar-refractivity contribution in [2.45, 2.75) is 26.1 Å². The normalized spacial score (nSPS) is 15.1. The highest BCUT2D eigenvalue weighted by Crippen LogP contribution is 2.38. The number of benzene rings is 4. The number of carbonyl (C=O) groups excluding carboxylic acids is 2. The summed E-state index contributed by atoms with van der Waals surface area (Å²) in [6.45, 7) is 4.47. The Morgan fingerprint density at radius 1 is 0.919 bits per heavy atom. The maximum Gasteiger partial charge on any atom is 0.260 e. The molecule has 5 rings (SSSR count). The van der Waals surface area contributed by atoms with Gasteiger partial charge in [0.1, 0.15) is 11.9 Å². The fourth-order valence-electron chi connectivity index (χ4n) is 4.61. The van der Waals surface area contributed by atoms with Gasteiger partial charge < -0.3 is 15.4 Å². The number of ether oxygens (including phenoxy) is 1. The summed E-state index contributed by atoms with van der Waals surface area (Å²) in [6, 6.07) is 32.2. The van der Waals surface area contributed by atoms with Gasteiger partial charge in [-0.1, -0.05) is 54.6 Å². The molecule has 0 saturated heterocycles. The number of amides is 2. The molecule has 1 aliphatic heterocycles. The van der Waals surface area contributed by atoms with Crippen LogP contribution in [0.4, 0.5) is 11.4 Å². The van der Waals surface area contributed by atoms with Crippen molar-refractivity contribution < 1.29 is 14.3 Å². The molecule has 2 unspecified atom stereocenters. The Hall–Kier alpha value is -4.58. The van der Waals surface area contributed by atoms with Gasteiger partial charge in [0.25, 0.3) is 11.8 Å². The van der Waals surface area contributed by atoms with Crippen LogP contribution in [0, 0.1) is 0 Å². The predicted octanol–water partition coefficient (Wildman–Crippen LogP) is 6.35. The van der Waals surface area contributed by atoms with E-state index in [-0.39, 0.29) is 17.9 Å². The van der Waals surface area contributed by atoms with Crippen molar-refractivity contribution >= 4 is 23.2 Å². The van der Waals surface area contributed by atoms with Crippen LogP contribution in [-0.2, 0) is 0 Å². The third-order valence-electron chi connectivity index (χ3n) is 6.46. The van der Waals surface area contributed by atoms with E-state index in [1.54, 1.807) is 11.0 Å². The lowest BCUT2D eigenvalue weighted by Gasteiger charge is -2.27. The first-order valence-electron chi connectivity index (χ1n) is 12.4. The molecule has 0 saturated carbocycles. The minimum atomic E-state index is -0.428. The van der Waals surface area contributed by atoms with Crippen LogP contribution in [-0.4, -0.2) is 18.4 Å². The van der Waals surface area contributed by atoms with Crippen molar-refractivity contribution in [1.29, 1.82) is 0 Å². The zero-order chi connectivity index (χ0) is 25.8. The Balaban J connectivity index is 1.40. The van der Waals surface area contributed by atoms with E-state index in [0.717, 1.165) is 28.3 Å². The molecule has 1 aliphatic rings. The second-order valence-corrected chi connectivity index (χ2v) is 8.92. The van der Waals surface area contributed by atoms with E-state index in [2.05, 4.69) is 10.6 Å². The van der Waals surface area contributed by atoms with Crippen molar-refractivity contribution in [1.82, 2.24) is 5.32 Å². The van der Waals surface area contributed by atoms with E-state index >= 15 is 0 Å². The molecule has 0 fully saturated rings. The van der Waals surface area contributed by atoms with Gasteiger partial charge in [-0.25, -0.2) is 0 Å². The number of fused-ring (bicyclic) bond motifs is 1. The van der Waals surface area contributed by atoms with E-state index < -0.39 is 6.17 Å². The van der Waals surface area contributed by atoms with Gasteiger partial charge in [-0.05, 0) is 67.9 Å². The van der Waals surface area contributed by atoms with E-state index in [9.17, 15) is 9.59 Å². The van der Waals surface area contributed by atoms with Gasteiger partial charge >= 0.3 is 0 Å². The Morgan fingerprint density at radius 2 is 1.65 bits per heavy atom. The van der Waals surface area contributed by atoms with E-state index in [0.29, 0.717) is 17.7 Å². The van der Waals surface area contributed by atoms with Gasteiger partial charge in [-0.15, -0.1) is 0 Å². The Labute approximate surface area is 216 Å². The molecule has 0 spiro atoms. The molecule has 1 heterocycles. The third-order valence-corrected chi connectivity index (χ3v) is 6.46. The smallest absolute Gasteiger partial charge is 0.260 e. The Morgan fingerprint density at radius 3 is 2.41 bits per heavy atom. The van der Waals surface area contributed by atoms with Crippen LogP contribution >= 0.6 is 0 Å². The average Bonchev–Trinajstić information content (AvgIpc) is 3.21. The number of rotatable bonds is 8. The molecule has 2 N–H and O–H groups in total. The molecule has 2 amide bonds. The van der Waals surface area contributed by atoms with Crippen molar-refractivity contribution in [2.24, 2.45) is 0 Å². The summed E-state index contributed by atoms with van der Waals surface area (Å²) in [6.07, 6.45) is -0.428. The molecule has 4 aromatic carbocycles. The largest absolute Gasteiger partial charge is 0.494 e. The van der Waals surface area contributed by atoms with E-state index in [1.165, 1.54) is 0 Å². The molecule has 6 nitrogen and oxygen atoms in total. The maximum absolute atomic E-state index is 13.4. The van der Waals surface area contributed by atoms with Crippen molar-refractivity contribution in [3.63, 3.8) is 0 Å². The number of hydrogen-bond acceptors (Lipinski definition) is 4. The molecule has 37 heavy (non-hydrogen) atoms. The minimum absolute atomic E-state index is 0.0807. The summed E-state index contributed by atoms with van der Waals surface area (Å²) < 4.78 is 5.57. The zero-order valence-electron chi connectivity index (χ0n) is 20.8. The second-order valence-electron chi connectivity index (χ2n) is 8.92. The van der Waals surface area contributed by atoms with Crippen LogP contribution in [0.1, 0.15) is 57.9 Å². The summed E-state index contributed by atoms with van der Waals surface area (Å²) in [7, 11) is 0. The summed E-state index contributed by atoms with van der Waals surface area (Å²) in [5.41, 5.74) is 4.61. The fourth-order valence-corrected chi connectivity index (χ4v) is 4.61. The molecule has 186 valence electrons. The van der Waals surface area contributed by atoms with E-state index in [1.807, 2.05) is 111 Å². The first-order valence-corrected chi connectivity index (χ1v) is 12.4. The van der Waals surface area contributed by atoms with Crippen LogP contribution in [0.15, 0.2) is 103 Å². The molecule has 0 aliphatic carbocycles. The minimum Gasteiger partial charge on any atom is -0.494 e. The molecule has 2 atom stereocenters. The SMILES string of the molecule is CCOc1ccc(N2C(=O)c3ccccc3C2Nc2cccc(C(=O)NC(C)c3ccccc3)c2)cc1. The maximum atomic E-state index is 13.4. The molecule has 0 bridgehead atoms.